The fraction of sp³-hybridized carbons (Fsp3) is 0.526. The lowest BCUT2D eigenvalue weighted by Gasteiger charge is -2.35. The largest absolute Gasteiger partial charge is 0.299 e. The monoisotopic (exact) mass is 330 g/mol. The topological polar surface area (TPSA) is 42.9 Å². The van der Waals surface area contributed by atoms with E-state index in [0.29, 0.717) is 12.1 Å². The highest BCUT2D eigenvalue weighted by Gasteiger charge is 2.65. The van der Waals surface area contributed by atoms with Crippen molar-refractivity contribution in [1.82, 2.24) is 10.2 Å². The van der Waals surface area contributed by atoms with Crippen molar-refractivity contribution in [1.29, 1.82) is 0 Å². The van der Waals surface area contributed by atoms with E-state index in [-0.39, 0.29) is 34.8 Å². The Balaban J connectivity index is 1.90. The third-order valence-electron chi connectivity index (χ3n) is 6.44. The van der Waals surface area contributed by atoms with E-state index in [2.05, 4.69) is 24.0 Å². The number of carbonyl (C=O) groups excluding carboxylic acids is 1. The molecule has 2 atom stereocenters. The third-order valence-corrected chi connectivity index (χ3v) is 6.44. The summed E-state index contributed by atoms with van der Waals surface area (Å²) in [5.41, 5.74) is 0.941. The molecule has 0 N–H and O–H groups in total. The molecule has 0 aromatic carbocycles. The van der Waals surface area contributed by atoms with E-state index in [9.17, 15) is 13.6 Å². The molecule has 0 aliphatic heterocycles. The van der Waals surface area contributed by atoms with Crippen LogP contribution in [0.4, 0.5) is 8.78 Å². The highest BCUT2D eigenvalue weighted by atomic mass is 19.1. The molecule has 1 heterocycles. The van der Waals surface area contributed by atoms with Crippen molar-refractivity contribution < 1.29 is 13.6 Å². The average Bonchev–Trinajstić information content (AvgIpc) is 2.89. The Labute approximate surface area is 139 Å². The maximum absolute atomic E-state index is 14.2. The minimum absolute atomic E-state index is 0.0750. The lowest BCUT2D eigenvalue weighted by Crippen LogP contribution is -2.42. The number of hydrogen-bond acceptors (Lipinski definition) is 3. The van der Waals surface area contributed by atoms with Gasteiger partial charge in [-0.1, -0.05) is 13.8 Å². The third kappa shape index (κ3) is 1.68. The SMILES string of the molecule is CC(=O)[C@@]12CC[C@@H](c3cc(C4=C(F)CCC=C4F)nnc31)C2(C)C. The molecule has 2 bridgehead atoms. The van der Waals surface area contributed by atoms with Crippen molar-refractivity contribution in [3.8, 4) is 0 Å². The first-order chi connectivity index (χ1) is 11.3. The molecule has 3 aliphatic carbocycles. The molecule has 0 unspecified atom stereocenters. The molecule has 126 valence electrons. The number of rotatable bonds is 2. The Hall–Kier alpha value is -1.91. The molecule has 4 rings (SSSR count). The van der Waals surface area contributed by atoms with Crippen molar-refractivity contribution >= 4 is 11.4 Å². The number of hydrogen-bond donors (Lipinski definition) is 0. The first kappa shape index (κ1) is 15.6. The number of carbonyl (C=O) groups is 1. The van der Waals surface area contributed by atoms with Gasteiger partial charge in [0.25, 0.3) is 0 Å². The first-order valence-electron chi connectivity index (χ1n) is 8.45. The van der Waals surface area contributed by atoms with Crippen LogP contribution in [0.3, 0.4) is 0 Å². The second-order valence-corrected chi connectivity index (χ2v) is 7.68. The number of ketones is 1. The maximum Gasteiger partial charge on any atom is 0.142 e. The second kappa shape index (κ2) is 4.80. The van der Waals surface area contributed by atoms with Crippen LogP contribution in [0.5, 0.6) is 0 Å². The number of fused-ring (bicyclic) bond motifs is 5. The number of aromatic nitrogens is 2. The minimum atomic E-state index is -0.619. The van der Waals surface area contributed by atoms with Crippen LogP contribution >= 0.6 is 0 Å². The highest BCUT2D eigenvalue weighted by Crippen LogP contribution is 2.67. The van der Waals surface area contributed by atoms with E-state index in [0.717, 1.165) is 18.4 Å². The summed E-state index contributed by atoms with van der Waals surface area (Å²) in [5, 5.41) is 8.42. The van der Waals surface area contributed by atoms with Gasteiger partial charge in [0.05, 0.1) is 22.4 Å². The van der Waals surface area contributed by atoms with E-state index in [1.54, 1.807) is 13.0 Å². The summed E-state index contributed by atoms with van der Waals surface area (Å²) in [7, 11) is 0. The fourth-order valence-corrected chi connectivity index (χ4v) is 5.17. The predicted molar refractivity (Wildman–Crippen MR) is 86.6 cm³/mol. The van der Waals surface area contributed by atoms with Crippen LogP contribution in [0, 0.1) is 5.41 Å². The average molecular weight is 330 g/mol. The Morgan fingerprint density at radius 3 is 2.71 bits per heavy atom. The zero-order chi connectivity index (χ0) is 17.3. The fourth-order valence-electron chi connectivity index (χ4n) is 5.17. The molecule has 1 aromatic heterocycles. The molecule has 5 heteroatoms. The zero-order valence-electron chi connectivity index (χ0n) is 14.1. The number of halogens is 2. The zero-order valence-corrected chi connectivity index (χ0v) is 14.1. The maximum atomic E-state index is 14.2. The summed E-state index contributed by atoms with van der Waals surface area (Å²) in [6.45, 7) is 5.79. The normalized spacial score (nSPS) is 30.4. The van der Waals surface area contributed by atoms with Gasteiger partial charge < -0.3 is 0 Å². The van der Waals surface area contributed by atoms with Crippen LogP contribution in [-0.4, -0.2) is 16.0 Å². The molecule has 0 radical (unpaired) electrons. The van der Waals surface area contributed by atoms with Crippen molar-refractivity contribution in [2.45, 2.75) is 57.8 Å². The molecule has 1 fully saturated rings. The van der Waals surface area contributed by atoms with Gasteiger partial charge in [0, 0.05) is 6.42 Å². The van der Waals surface area contributed by atoms with Crippen LogP contribution in [0.15, 0.2) is 23.8 Å². The molecule has 3 nitrogen and oxygen atoms in total. The number of Topliss-reactive ketones (excluding diaryl/α,β-unsaturated/α-hetero) is 1. The van der Waals surface area contributed by atoms with Gasteiger partial charge >= 0.3 is 0 Å². The quantitative estimate of drug-likeness (QED) is 0.799. The molecule has 1 saturated carbocycles. The van der Waals surface area contributed by atoms with Gasteiger partial charge in [-0.05, 0) is 55.2 Å². The van der Waals surface area contributed by atoms with Crippen molar-refractivity contribution in [3.63, 3.8) is 0 Å². The molecular weight excluding hydrogens is 310 g/mol. The smallest absolute Gasteiger partial charge is 0.142 e. The van der Waals surface area contributed by atoms with Crippen molar-refractivity contribution in [2.24, 2.45) is 5.41 Å². The number of allylic oxidation sites excluding steroid dienone is 4. The van der Waals surface area contributed by atoms with Crippen molar-refractivity contribution in [3.05, 3.63) is 40.7 Å². The van der Waals surface area contributed by atoms with Gasteiger partial charge in [-0.3, -0.25) is 4.79 Å². The van der Waals surface area contributed by atoms with E-state index < -0.39 is 17.1 Å². The summed E-state index contributed by atoms with van der Waals surface area (Å²) < 4.78 is 28.3. The lowest BCUT2D eigenvalue weighted by molar-refractivity contribution is -0.125. The summed E-state index contributed by atoms with van der Waals surface area (Å²) in [6.07, 6.45) is 3.61. The van der Waals surface area contributed by atoms with Gasteiger partial charge in [0.1, 0.15) is 17.4 Å². The number of nitrogens with zero attached hydrogens (tertiary/aromatic N) is 2. The van der Waals surface area contributed by atoms with Gasteiger partial charge in [0.15, 0.2) is 0 Å². The Kier molecular flexibility index (Phi) is 3.12. The summed E-state index contributed by atoms with van der Waals surface area (Å²) in [6, 6.07) is 1.76. The molecule has 24 heavy (non-hydrogen) atoms. The Morgan fingerprint density at radius 2 is 2.04 bits per heavy atom. The summed E-state index contributed by atoms with van der Waals surface area (Å²) in [4.78, 5) is 12.5. The van der Waals surface area contributed by atoms with Crippen LogP contribution in [0.2, 0.25) is 0 Å². The molecule has 0 spiro atoms. The molecule has 3 aliphatic rings. The second-order valence-electron chi connectivity index (χ2n) is 7.68. The minimum Gasteiger partial charge on any atom is -0.299 e. The van der Waals surface area contributed by atoms with Gasteiger partial charge in [0.2, 0.25) is 0 Å². The lowest BCUT2D eigenvalue weighted by atomic mass is 9.66. The van der Waals surface area contributed by atoms with Crippen LogP contribution in [0.25, 0.3) is 5.57 Å². The summed E-state index contributed by atoms with van der Waals surface area (Å²) >= 11 is 0. The van der Waals surface area contributed by atoms with E-state index in [1.165, 1.54) is 6.08 Å². The summed E-state index contributed by atoms with van der Waals surface area (Å²) in [5.74, 6) is -0.778. The van der Waals surface area contributed by atoms with Crippen LogP contribution in [-0.2, 0) is 10.2 Å². The van der Waals surface area contributed by atoms with Gasteiger partial charge in [-0.25, -0.2) is 8.78 Å². The van der Waals surface area contributed by atoms with Crippen molar-refractivity contribution in [2.75, 3.05) is 0 Å². The standard InChI is InChI=1S/C19H20F2N2O/c1-10(24)19-8-7-12(18(19,2)3)11-9-15(22-23-17(11)19)16-13(20)5-4-6-14(16)21/h5,9,12H,4,6-8H2,1-3H3/t12-,19-/m0/s1. The van der Waals surface area contributed by atoms with Gasteiger partial charge in [-0.15, -0.1) is 0 Å². The van der Waals surface area contributed by atoms with Crippen LogP contribution in [0.1, 0.15) is 69.3 Å². The molecular formula is C19H20F2N2O. The molecule has 0 amide bonds. The predicted octanol–water partition coefficient (Wildman–Crippen LogP) is 4.55. The molecule has 1 aromatic rings. The Morgan fingerprint density at radius 1 is 1.29 bits per heavy atom. The van der Waals surface area contributed by atoms with E-state index in [1.807, 2.05) is 0 Å². The Bertz CT molecular complexity index is 825. The van der Waals surface area contributed by atoms with Crippen LogP contribution < -0.4 is 0 Å². The van der Waals surface area contributed by atoms with E-state index >= 15 is 0 Å². The first-order valence-corrected chi connectivity index (χ1v) is 8.45. The van der Waals surface area contributed by atoms with E-state index in [4.69, 9.17) is 0 Å². The van der Waals surface area contributed by atoms with Gasteiger partial charge in [-0.2, -0.15) is 10.2 Å². The highest BCUT2D eigenvalue weighted by molar-refractivity contribution is 5.91. The molecule has 0 saturated heterocycles.